The third kappa shape index (κ3) is 3.16. The zero-order chi connectivity index (χ0) is 12.4. The maximum Gasteiger partial charge on any atom is 0.255 e. The van der Waals surface area contributed by atoms with Gasteiger partial charge in [-0.3, -0.25) is 4.79 Å². The van der Waals surface area contributed by atoms with E-state index < -0.39 is 13.0 Å². The van der Waals surface area contributed by atoms with Crippen molar-refractivity contribution in [3.63, 3.8) is 0 Å². The molecule has 0 aromatic heterocycles. The van der Waals surface area contributed by atoms with E-state index in [1.807, 2.05) is 0 Å². The fourth-order valence-corrected chi connectivity index (χ4v) is 1.91. The van der Waals surface area contributed by atoms with Crippen molar-refractivity contribution in [3.8, 4) is 0 Å². The van der Waals surface area contributed by atoms with Crippen molar-refractivity contribution in [1.29, 1.82) is 0 Å². The van der Waals surface area contributed by atoms with Gasteiger partial charge in [-0.25, -0.2) is 8.78 Å². The number of carbonyl (C=O) groups excluding carboxylic acids is 1. The molecule has 1 aromatic rings. The van der Waals surface area contributed by atoms with Gasteiger partial charge in [0.1, 0.15) is 0 Å². The zero-order valence-corrected chi connectivity index (χ0v) is 9.83. The molecule has 5 heteroatoms. The molecule has 0 heterocycles. The first-order valence-electron chi connectivity index (χ1n) is 5.42. The second-order valence-electron chi connectivity index (χ2n) is 4.09. The summed E-state index contributed by atoms with van der Waals surface area (Å²) in [4.78, 5) is 13.3. The van der Waals surface area contributed by atoms with E-state index in [1.165, 1.54) is 11.0 Å². The highest BCUT2D eigenvalue weighted by Gasteiger charge is 2.34. The van der Waals surface area contributed by atoms with Gasteiger partial charge in [0.15, 0.2) is 0 Å². The second kappa shape index (κ2) is 5.00. The number of carbonyl (C=O) groups is 1. The Labute approximate surface area is 103 Å². The minimum Gasteiger partial charge on any atom is -0.330 e. The fourth-order valence-electron chi connectivity index (χ4n) is 1.72. The Morgan fingerprint density at radius 2 is 2.18 bits per heavy atom. The van der Waals surface area contributed by atoms with Crippen LogP contribution in [-0.2, 0) is 0 Å². The average molecular weight is 260 g/mol. The lowest BCUT2D eigenvalue weighted by molar-refractivity contribution is 0.0534. The van der Waals surface area contributed by atoms with Gasteiger partial charge in [-0.1, -0.05) is 17.7 Å². The van der Waals surface area contributed by atoms with E-state index in [2.05, 4.69) is 0 Å². The summed E-state index contributed by atoms with van der Waals surface area (Å²) in [6.45, 7) is -0.504. The van der Waals surface area contributed by atoms with E-state index >= 15 is 0 Å². The number of halogens is 3. The van der Waals surface area contributed by atoms with Crippen LogP contribution in [0.4, 0.5) is 8.78 Å². The van der Waals surface area contributed by atoms with Crippen LogP contribution in [0, 0.1) is 0 Å². The van der Waals surface area contributed by atoms with Gasteiger partial charge in [-0.15, -0.1) is 0 Å². The van der Waals surface area contributed by atoms with Crippen molar-refractivity contribution in [2.24, 2.45) is 0 Å². The van der Waals surface area contributed by atoms with Gasteiger partial charge in [-0.05, 0) is 31.0 Å². The van der Waals surface area contributed by atoms with Crippen LogP contribution in [0.2, 0.25) is 5.02 Å². The molecule has 1 aromatic carbocycles. The van der Waals surface area contributed by atoms with Crippen LogP contribution >= 0.6 is 11.6 Å². The highest BCUT2D eigenvalue weighted by Crippen LogP contribution is 2.29. The van der Waals surface area contributed by atoms with Crippen LogP contribution < -0.4 is 0 Å². The van der Waals surface area contributed by atoms with Gasteiger partial charge in [-0.2, -0.15) is 0 Å². The largest absolute Gasteiger partial charge is 0.330 e. The first kappa shape index (κ1) is 12.3. The lowest BCUT2D eigenvalue weighted by atomic mass is 10.2. The fraction of sp³-hybridized carbons (Fsp3) is 0.417. The number of hydrogen-bond acceptors (Lipinski definition) is 1. The van der Waals surface area contributed by atoms with Crippen LogP contribution in [0.3, 0.4) is 0 Å². The number of nitrogens with zero attached hydrogens (tertiary/aromatic N) is 1. The van der Waals surface area contributed by atoms with Gasteiger partial charge >= 0.3 is 0 Å². The third-order valence-corrected chi connectivity index (χ3v) is 2.89. The standard InChI is InChI=1S/C12H12ClF2NO/c13-9-3-1-2-8(6-9)12(17)16(7-11(14)15)10-4-5-10/h1-3,6,10-11H,4-5,7H2. The molecule has 17 heavy (non-hydrogen) atoms. The molecule has 0 radical (unpaired) electrons. The Morgan fingerprint density at radius 1 is 1.47 bits per heavy atom. The van der Waals surface area contributed by atoms with Crippen LogP contribution in [0.15, 0.2) is 24.3 Å². The van der Waals surface area contributed by atoms with Crippen molar-refractivity contribution in [1.82, 2.24) is 4.90 Å². The van der Waals surface area contributed by atoms with Gasteiger partial charge in [0.25, 0.3) is 12.3 Å². The quantitative estimate of drug-likeness (QED) is 0.813. The molecule has 0 saturated heterocycles. The molecule has 2 rings (SSSR count). The maximum absolute atomic E-state index is 12.4. The Kier molecular flexibility index (Phi) is 3.62. The third-order valence-electron chi connectivity index (χ3n) is 2.65. The predicted octanol–water partition coefficient (Wildman–Crippen LogP) is 3.21. The SMILES string of the molecule is O=C(c1cccc(Cl)c1)N(CC(F)F)C1CC1. The molecular weight excluding hydrogens is 248 g/mol. The van der Waals surface area contributed by atoms with Gasteiger partial charge in [0.05, 0.1) is 6.54 Å². The minimum atomic E-state index is -2.50. The molecule has 1 aliphatic rings. The topological polar surface area (TPSA) is 20.3 Å². The zero-order valence-electron chi connectivity index (χ0n) is 9.07. The monoisotopic (exact) mass is 259 g/mol. The van der Waals surface area contributed by atoms with Crippen molar-refractivity contribution in [3.05, 3.63) is 34.9 Å². The predicted molar refractivity (Wildman–Crippen MR) is 61.5 cm³/mol. The summed E-state index contributed by atoms with van der Waals surface area (Å²) in [6.07, 6.45) is -0.892. The highest BCUT2D eigenvalue weighted by atomic mass is 35.5. The molecule has 1 saturated carbocycles. The van der Waals surface area contributed by atoms with Gasteiger partial charge in [0, 0.05) is 16.6 Å². The number of benzene rings is 1. The number of hydrogen-bond donors (Lipinski definition) is 0. The van der Waals surface area contributed by atoms with E-state index in [0.717, 1.165) is 12.8 Å². The Hall–Kier alpha value is -1.16. The van der Waals surface area contributed by atoms with E-state index in [4.69, 9.17) is 11.6 Å². The van der Waals surface area contributed by atoms with E-state index in [1.54, 1.807) is 18.2 Å². The number of amides is 1. The van der Waals surface area contributed by atoms with E-state index in [9.17, 15) is 13.6 Å². The Morgan fingerprint density at radius 3 is 2.71 bits per heavy atom. The van der Waals surface area contributed by atoms with Crippen molar-refractivity contribution in [2.45, 2.75) is 25.3 Å². The number of rotatable bonds is 4. The summed E-state index contributed by atoms with van der Waals surface area (Å²) in [5.41, 5.74) is 0.366. The summed E-state index contributed by atoms with van der Waals surface area (Å²) < 4.78 is 24.8. The Bertz CT molecular complexity index is 421. The van der Waals surface area contributed by atoms with Crippen LogP contribution in [0.5, 0.6) is 0 Å². The minimum absolute atomic E-state index is 0.0320. The molecule has 0 aliphatic heterocycles. The van der Waals surface area contributed by atoms with Crippen molar-refractivity contribution < 1.29 is 13.6 Å². The summed E-state index contributed by atoms with van der Waals surface area (Å²) in [5, 5.41) is 0.434. The molecule has 0 unspecified atom stereocenters. The maximum atomic E-state index is 12.4. The molecule has 1 aliphatic carbocycles. The molecule has 0 spiro atoms. The molecule has 0 bridgehead atoms. The van der Waals surface area contributed by atoms with Gasteiger partial charge < -0.3 is 4.90 Å². The van der Waals surface area contributed by atoms with Crippen molar-refractivity contribution in [2.75, 3.05) is 6.54 Å². The van der Waals surface area contributed by atoms with Crippen LogP contribution in [0.1, 0.15) is 23.2 Å². The summed E-state index contributed by atoms with van der Waals surface area (Å²) >= 11 is 5.78. The van der Waals surface area contributed by atoms with Crippen LogP contribution in [0.25, 0.3) is 0 Å². The number of alkyl halides is 2. The van der Waals surface area contributed by atoms with E-state index in [-0.39, 0.29) is 11.9 Å². The highest BCUT2D eigenvalue weighted by molar-refractivity contribution is 6.30. The molecule has 0 atom stereocenters. The average Bonchev–Trinajstić information content (AvgIpc) is 3.08. The van der Waals surface area contributed by atoms with E-state index in [0.29, 0.717) is 10.6 Å². The lowest BCUT2D eigenvalue weighted by Crippen LogP contribution is -2.36. The first-order chi connectivity index (χ1) is 8.08. The smallest absolute Gasteiger partial charge is 0.255 e. The summed E-state index contributed by atoms with van der Waals surface area (Å²) in [7, 11) is 0. The second-order valence-corrected chi connectivity index (χ2v) is 4.53. The molecule has 2 nitrogen and oxygen atoms in total. The van der Waals surface area contributed by atoms with Crippen LogP contribution in [-0.4, -0.2) is 29.8 Å². The Balaban J connectivity index is 2.15. The van der Waals surface area contributed by atoms with Gasteiger partial charge in [0.2, 0.25) is 0 Å². The summed E-state index contributed by atoms with van der Waals surface area (Å²) in [6, 6.07) is 6.35. The molecule has 1 fully saturated rings. The molecule has 92 valence electrons. The normalized spacial score (nSPS) is 15.1. The first-order valence-corrected chi connectivity index (χ1v) is 5.80. The molecule has 0 N–H and O–H groups in total. The molecule has 1 amide bonds. The van der Waals surface area contributed by atoms with Crippen molar-refractivity contribution >= 4 is 17.5 Å². The summed E-state index contributed by atoms with van der Waals surface area (Å²) in [5.74, 6) is -0.365. The lowest BCUT2D eigenvalue weighted by Gasteiger charge is -2.22. The molecular formula is C12H12ClF2NO.